The predicted octanol–water partition coefficient (Wildman–Crippen LogP) is 5.97. The Labute approximate surface area is 210 Å². The molecule has 2 N–H and O–H groups in total. The number of nitrogens with zero attached hydrogens (tertiary/aromatic N) is 2. The lowest BCUT2D eigenvalue weighted by molar-refractivity contribution is -0.130. The van der Waals surface area contributed by atoms with Crippen molar-refractivity contribution in [3.63, 3.8) is 0 Å². The molecule has 0 radical (unpaired) electrons. The number of aromatic nitrogens is 2. The number of aryl methyl sites for hydroxylation is 1. The Hall–Kier alpha value is -4.43. The fourth-order valence-corrected chi connectivity index (χ4v) is 5.72. The number of Topliss-reactive ketones (excluding diaryl/α,β-unsaturated/α-hetero) is 1. The van der Waals surface area contributed by atoms with Crippen LogP contribution in [0.15, 0.2) is 94.9 Å². The standard InChI is InChI=1S/C28H21N3O4S/c1-16-26(36-27(30-16)17-8-3-2-4-9-17)24(32)22-23(20-14-29-21-12-6-5-11-19(20)21)31(28(34)25(22)33)15-18-10-7-13-35-18/h2-14,23,29,33H,15H2,1H3. The van der Waals surface area contributed by atoms with E-state index in [-0.39, 0.29) is 12.1 Å². The van der Waals surface area contributed by atoms with E-state index in [2.05, 4.69) is 9.97 Å². The van der Waals surface area contributed by atoms with Crippen molar-refractivity contribution < 1.29 is 19.1 Å². The minimum Gasteiger partial charge on any atom is -0.503 e. The van der Waals surface area contributed by atoms with Crippen molar-refractivity contribution in [1.82, 2.24) is 14.9 Å². The van der Waals surface area contributed by atoms with Gasteiger partial charge in [0, 0.05) is 28.2 Å². The highest BCUT2D eigenvalue weighted by Gasteiger charge is 2.45. The number of H-pyrrole nitrogens is 1. The van der Waals surface area contributed by atoms with Crippen LogP contribution in [-0.2, 0) is 11.3 Å². The van der Waals surface area contributed by atoms with Crippen molar-refractivity contribution in [2.75, 3.05) is 0 Å². The molecule has 0 aliphatic carbocycles. The van der Waals surface area contributed by atoms with Crippen LogP contribution in [0.1, 0.15) is 32.7 Å². The van der Waals surface area contributed by atoms with Gasteiger partial charge in [-0.2, -0.15) is 0 Å². The molecule has 0 spiro atoms. The van der Waals surface area contributed by atoms with E-state index in [1.165, 1.54) is 22.5 Å². The number of thiazole rings is 1. The van der Waals surface area contributed by atoms with E-state index in [0.717, 1.165) is 22.0 Å². The molecule has 7 nitrogen and oxygen atoms in total. The number of amides is 1. The Morgan fingerprint density at radius 1 is 1.11 bits per heavy atom. The average molecular weight is 496 g/mol. The van der Waals surface area contributed by atoms with Gasteiger partial charge in [0.05, 0.1) is 35.0 Å². The van der Waals surface area contributed by atoms with E-state index < -0.39 is 23.5 Å². The molecule has 1 atom stereocenters. The van der Waals surface area contributed by atoms with Crippen LogP contribution in [0.5, 0.6) is 0 Å². The number of carbonyl (C=O) groups is 2. The van der Waals surface area contributed by atoms with Gasteiger partial charge in [0.1, 0.15) is 10.8 Å². The molecule has 5 aromatic rings. The smallest absolute Gasteiger partial charge is 0.290 e. The number of hydrogen-bond acceptors (Lipinski definition) is 6. The number of ketones is 1. The molecule has 0 saturated carbocycles. The molecule has 0 saturated heterocycles. The van der Waals surface area contributed by atoms with E-state index in [9.17, 15) is 14.7 Å². The number of aromatic amines is 1. The first-order valence-corrected chi connectivity index (χ1v) is 12.2. The number of benzene rings is 2. The second-order valence-electron chi connectivity index (χ2n) is 8.60. The predicted molar refractivity (Wildman–Crippen MR) is 137 cm³/mol. The fraction of sp³-hybridized carbons (Fsp3) is 0.107. The second-order valence-corrected chi connectivity index (χ2v) is 9.59. The second kappa shape index (κ2) is 8.66. The van der Waals surface area contributed by atoms with Gasteiger partial charge in [-0.25, -0.2) is 4.98 Å². The summed E-state index contributed by atoms with van der Waals surface area (Å²) in [5.41, 5.74) is 3.10. The molecule has 178 valence electrons. The van der Waals surface area contributed by atoms with E-state index in [1.807, 2.05) is 54.6 Å². The number of carbonyl (C=O) groups excluding carboxylic acids is 2. The number of rotatable bonds is 6. The molecular formula is C28H21N3O4S. The molecule has 1 aliphatic rings. The minimum absolute atomic E-state index is 0.0441. The summed E-state index contributed by atoms with van der Waals surface area (Å²) in [7, 11) is 0. The van der Waals surface area contributed by atoms with Crippen LogP contribution in [0.25, 0.3) is 21.5 Å². The lowest BCUT2D eigenvalue weighted by Gasteiger charge is -2.25. The quantitative estimate of drug-likeness (QED) is 0.283. The minimum atomic E-state index is -0.798. The largest absolute Gasteiger partial charge is 0.503 e. The molecule has 1 aliphatic heterocycles. The van der Waals surface area contributed by atoms with E-state index in [4.69, 9.17) is 4.42 Å². The van der Waals surface area contributed by atoms with E-state index in [1.54, 1.807) is 25.3 Å². The van der Waals surface area contributed by atoms with Crippen molar-refractivity contribution in [3.05, 3.63) is 112 Å². The van der Waals surface area contributed by atoms with Crippen LogP contribution in [0, 0.1) is 6.92 Å². The van der Waals surface area contributed by atoms with Gasteiger partial charge in [-0.1, -0.05) is 48.5 Å². The molecule has 36 heavy (non-hydrogen) atoms. The lowest BCUT2D eigenvalue weighted by Crippen LogP contribution is -2.30. The summed E-state index contributed by atoms with van der Waals surface area (Å²) in [5, 5.41) is 12.6. The Bertz CT molecular complexity index is 1630. The monoisotopic (exact) mass is 495 g/mol. The summed E-state index contributed by atoms with van der Waals surface area (Å²) < 4.78 is 5.49. The summed E-state index contributed by atoms with van der Waals surface area (Å²) in [6.45, 7) is 1.87. The van der Waals surface area contributed by atoms with Crippen LogP contribution < -0.4 is 0 Å². The van der Waals surface area contributed by atoms with Gasteiger partial charge in [-0.3, -0.25) is 9.59 Å². The van der Waals surface area contributed by atoms with Crippen molar-refractivity contribution in [2.24, 2.45) is 0 Å². The Morgan fingerprint density at radius 3 is 2.67 bits per heavy atom. The maximum absolute atomic E-state index is 14.0. The van der Waals surface area contributed by atoms with Gasteiger partial charge < -0.3 is 19.4 Å². The van der Waals surface area contributed by atoms with Crippen LogP contribution in [0.3, 0.4) is 0 Å². The van der Waals surface area contributed by atoms with Gasteiger partial charge >= 0.3 is 0 Å². The van der Waals surface area contributed by atoms with Gasteiger partial charge in [0.15, 0.2) is 5.76 Å². The van der Waals surface area contributed by atoms with E-state index >= 15 is 0 Å². The summed E-state index contributed by atoms with van der Waals surface area (Å²) in [6, 6.07) is 20.0. The maximum Gasteiger partial charge on any atom is 0.290 e. The molecule has 1 amide bonds. The highest BCUT2D eigenvalue weighted by atomic mass is 32.1. The summed E-state index contributed by atoms with van der Waals surface area (Å²) in [4.78, 5) is 37.0. The molecule has 6 rings (SSSR count). The first kappa shape index (κ1) is 22.1. The van der Waals surface area contributed by atoms with Gasteiger partial charge in [-0.05, 0) is 25.1 Å². The van der Waals surface area contributed by atoms with Crippen molar-refractivity contribution in [2.45, 2.75) is 19.5 Å². The molecular weight excluding hydrogens is 474 g/mol. The number of fused-ring (bicyclic) bond motifs is 1. The normalized spacial score (nSPS) is 15.9. The molecule has 0 fully saturated rings. The van der Waals surface area contributed by atoms with Crippen LogP contribution in [0.2, 0.25) is 0 Å². The number of nitrogens with one attached hydrogen (secondary N) is 1. The SMILES string of the molecule is Cc1nc(-c2ccccc2)sc1C(=O)C1=C(O)C(=O)N(Cc2ccco2)C1c1c[nH]c2ccccc12. The number of hydrogen-bond donors (Lipinski definition) is 2. The number of furan rings is 1. The third-order valence-electron chi connectivity index (χ3n) is 6.39. The van der Waals surface area contributed by atoms with Crippen molar-refractivity contribution in [1.29, 1.82) is 0 Å². The zero-order chi connectivity index (χ0) is 24.8. The summed E-state index contributed by atoms with van der Waals surface area (Å²) in [5.74, 6) is -1.02. The van der Waals surface area contributed by atoms with Crippen LogP contribution >= 0.6 is 11.3 Å². The molecule has 0 bridgehead atoms. The topological polar surface area (TPSA) is 99.4 Å². The van der Waals surface area contributed by atoms with Gasteiger partial charge in [0.25, 0.3) is 5.91 Å². The first-order valence-electron chi connectivity index (χ1n) is 11.4. The fourth-order valence-electron chi connectivity index (χ4n) is 4.70. The average Bonchev–Trinajstić information content (AvgIpc) is 3.68. The maximum atomic E-state index is 14.0. The summed E-state index contributed by atoms with van der Waals surface area (Å²) >= 11 is 1.26. The highest BCUT2D eigenvalue weighted by molar-refractivity contribution is 7.17. The third-order valence-corrected chi connectivity index (χ3v) is 7.60. The Kier molecular flexibility index (Phi) is 5.30. The third kappa shape index (κ3) is 3.54. The number of aliphatic hydroxyl groups excluding tert-OH is 1. The van der Waals surface area contributed by atoms with Gasteiger partial charge in [-0.15, -0.1) is 11.3 Å². The Balaban J connectivity index is 1.47. The molecule has 2 aromatic carbocycles. The zero-order valence-corrected chi connectivity index (χ0v) is 20.1. The molecule has 1 unspecified atom stereocenters. The Morgan fingerprint density at radius 2 is 1.89 bits per heavy atom. The van der Waals surface area contributed by atoms with Crippen molar-refractivity contribution in [3.8, 4) is 10.6 Å². The van der Waals surface area contributed by atoms with Gasteiger partial charge in [0.2, 0.25) is 5.78 Å². The number of aliphatic hydroxyl groups is 1. The van der Waals surface area contributed by atoms with Crippen LogP contribution in [0.4, 0.5) is 0 Å². The summed E-state index contributed by atoms with van der Waals surface area (Å²) in [6.07, 6.45) is 3.32. The molecule has 3 aromatic heterocycles. The number of para-hydroxylation sites is 1. The van der Waals surface area contributed by atoms with Crippen molar-refractivity contribution >= 4 is 33.9 Å². The zero-order valence-electron chi connectivity index (χ0n) is 19.3. The highest BCUT2D eigenvalue weighted by Crippen LogP contribution is 2.43. The molecule has 4 heterocycles. The lowest BCUT2D eigenvalue weighted by atomic mass is 9.94. The van der Waals surface area contributed by atoms with Crippen LogP contribution in [-0.4, -0.2) is 31.7 Å². The molecule has 8 heteroatoms. The van der Waals surface area contributed by atoms with E-state index in [0.29, 0.717) is 21.3 Å². The first-order chi connectivity index (χ1) is 17.5.